The van der Waals surface area contributed by atoms with E-state index < -0.39 is 48.2 Å². The van der Waals surface area contributed by atoms with E-state index in [1.54, 1.807) is 6.07 Å². The van der Waals surface area contributed by atoms with Gasteiger partial charge in [-0.15, -0.1) is 10.2 Å². The van der Waals surface area contributed by atoms with E-state index in [2.05, 4.69) is 33.4 Å². The summed E-state index contributed by atoms with van der Waals surface area (Å²) >= 11 is 0. The molecule has 0 bridgehead atoms. The Bertz CT molecular complexity index is 1320. The average Bonchev–Trinajstić information content (AvgIpc) is 3.61. The number of sulfonamides is 1. The van der Waals surface area contributed by atoms with Crippen molar-refractivity contribution in [3.8, 4) is 0 Å². The van der Waals surface area contributed by atoms with E-state index in [-0.39, 0.29) is 22.5 Å². The van der Waals surface area contributed by atoms with Crippen LogP contribution >= 0.6 is 0 Å². The topological polar surface area (TPSA) is 123 Å². The van der Waals surface area contributed by atoms with E-state index >= 15 is 0 Å². The monoisotopic (exact) mass is 555 g/mol. The lowest BCUT2D eigenvalue weighted by Crippen LogP contribution is -2.43. The first-order valence-corrected chi connectivity index (χ1v) is 16.7. The molecule has 2 aromatic rings. The summed E-state index contributed by atoms with van der Waals surface area (Å²) in [4.78, 5) is 15.3. The van der Waals surface area contributed by atoms with Crippen LogP contribution in [0.15, 0.2) is 52.7 Å². The van der Waals surface area contributed by atoms with Crippen LogP contribution in [0.3, 0.4) is 0 Å². The van der Waals surface area contributed by atoms with Crippen LogP contribution in [0.4, 0.5) is 30.2 Å². The number of carbonyl (C=O) groups is 1. The molecule has 0 unspecified atom stereocenters. The largest absolute Gasteiger partial charge is 0.442 e. The average molecular weight is 556 g/mol. The molecule has 3 N–H and O–H groups in total. The van der Waals surface area contributed by atoms with Gasteiger partial charge in [0.05, 0.1) is 37.4 Å². The molecule has 37 heavy (non-hydrogen) atoms. The SMILES string of the molecule is C[Si]1(C)CCN(c2cc(NS(=O)(=O)CCO)ccc2C(=O)Nc2cccc(C3(C(F)(F)F)N=N3)c2)CC1. The third kappa shape index (κ3) is 5.96. The Morgan fingerprint density at radius 1 is 1.11 bits per heavy atom. The molecule has 4 rings (SSSR count). The Labute approximate surface area is 213 Å². The maximum atomic E-state index is 13.4. The summed E-state index contributed by atoms with van der Waals surface area (Å²) in [5.41, 5.74) is -1.64. The number of amides is 1. The van der Waals surface area contributed by atoms with Crippen LogP contribution in [-0.2, 0) is 15.7 Å². The number of rotatable bonds is 8. The summed E-state index contributed by atoms with van der Waals surface area (Å²) in [5, 5.41) is 18.1. The Kier molecular flexibility index (Phi) is 7.11. The first-order chi connectivity index (χ1) is 17.3. The van der Waals surface area contributed by atoms with Gasteiger partial charge in [-0.3, -0.25) is 9.52 Å². The van der Waals surface area contributed by atoms with Crippen molar-refractivity contribution < 1.29 is 31.5 Å². The lowest BCUT2D eigenvalue weighted by Gasteiger charge is -2.38. The van der Waals surface area contributed by atoms with Crippen molar-refractivity contribution in [1.29, 1.82) is 0 Å². The zero-order valence-corrected chi connectivity index (χ0v) is 22.2. The normalized spacial score (nSPS) is 18.4. The van der Waals surface area contributed by atoms with Crippen LogP contribution in [0.25, 0.3) is 0 Å². The Hall–Kier alpha value is -2.97. The lowest BCUT2D eigenvalue weighted by atomic mass is 10.0. The second-order valence-electron chi connectivity index (χ2n) is 9.93. The first-order valence-electron chi connectivity index (χ1n) is 11.7. The van der Waals surface area contributed by atoms with Gasteiger partial charge in [0.15, 0.2) is 0 Å². The van der Waals surface area contributed by atoms with Crippen molar-refractivity contribution in [3.63, 3.8) is 0 Å². The zero-order chi connectivity index (χ0) is 27.1. The number of halogens is 3. The number of carbonyl (C=O) groups excluding carboxylic acids is 1. The number of alkyl halides is 3. The van der Waals surface area contributed by atoms with Gasteiger partial charge in [-0.05, 0) is 42.4 Å². The van der Waals surface area contributed by atoms with Crippen molar-refractivity contribution in [2.24, 2.45) is 10.2 Å². The highest BCUT2D eigenvalue weighted by molar-refractivity contribution is 7.92. The number of nitrogens with one attached hydrogen (secondary N) is 2. The minimum Gasteiger partial charge on any atom is -0.395 e. The summed E-state index contributed by atoms with van der Waals surface area (Å²) in [5.74, 6) is -1.02. The van der Waals surface area contributed by atoms with Gasteiger partial charge in [-0.2, -0.15) is 13.2 Å². The van der Waals surface area contributed by atoms with Crippen molar-refractivity contribution in [2.75, 3.05) is 40.4 Å². The van der Waals surface area contributed by atoms with E-state index in [1.807, 2.05) is 4.90 Å². The number of anilines is 3. The highest BCUT2D eigenvalue weighted by Crippen LogP contribution is 2.52. The summed E-state index contributed by atoms with van der Waals surface area (Å²) in [6.45, 7) is 5.43. The van der Waals surface area contributed by atoms with E-state index in [0.29, 0.717) is 18.8 Å². The maximum Gasteiger partial charge on any atom is 0.442 e. The number of hydrogen-bond acceptors (Lipinski definition) is 7. The fraction of sp³-hybridized carbons (Fsp3) is 0.435. The Morgan fingerprint density at radius 3 is 2.38 bits per heavy atom. The molecule has 2 aliphatic heterocycles. The second kappa shape index (κ2) is 9.72. The van der Waals surface area contributed by atoms with Crippen LogP contribution in [0.5, 0.6) is 0 Å². The van der Waals surface area contributed by atoms with Crippen molar-refractivity contribution in [3.05, 3.63) is 53.6 Å². The Balaban J connectivity index is 1.62. The highest BCUT2D eigenvalue weighted by atomic mass is 32.2. The molecule has 200 valence electrons. The minimum atomic E-state index is -4.69. The molecule has 9 nitrogen and oxygen atoms in total. The van der Waals surface area contributed by atoms with Crippen LogP contribution in [0, 0.1) is 0 Å². The molecule has 0 radical (unpaired) electrons. The van der Waals surface area contributed by atoms with Crippen molar-refractivity contribution in [1.82, 2.24) is 0 Å². The van der Waals surface area contributed by atoms with Crippen molar-refractivity contribution >= 4 is 41.1 Å². The molecule has 1 saturated heterocycles. The third-order valence-corrected chi connectivity index (χ3v) is 11.0. The third-order valence-electron chi connectivity index (χ3n) is 6.55. The first kappa shape index (κ1) is 27.1. The number of aliphatic hydroxyl groups is 1. The molecule has 2 aromatic carbocycles. The molecule has 2 heterocycles. The van der Waals surface area contributed by atoms with Gasteiger partial charge in [0.2, 0.25) is 10.0 Å². The molecule has 0 spiro atoms. The fourth-order valence-electron chi connectivity index (χ4n) is 4.21. The van der Waals surface area contributed by atoms with Crippen LogP contribution in [0.2, 0.25) is 25.2 Å². The van der Waals surface area contributed by atoms with Crippen molar-refractivity contribution in [2.45, 2.75) is 37.0 Å². The van der Waals surface area contributed by atoms with E-state index in [9.17, 15) is 26.4 Å². The van der Waals surface area contributed by atoms with Gasteiger partial charge in [-0.1, -0.05) is 25.2 Å². The summed E-state index contributed by atoms with van der Waals surface area (Å²) in [6.07, 6.45) is -4.69. The zero-order valence-electron chi connectivity index (χ0n) is 20.3. The molecule has 14 heteroatoms. The summed E-state index contributed by atoms with van der Waals surface area (Å²) < 4.78 is 67.0. The minimum absolute atomic E-state index is 0.147. The van der Waals surface area contributed by atoms with Gasteiger partial charge in [0, 0.05) is 24.3 Å². The quantitative estimate of drug-likeness (QED) is 0.417. The van der Waals surface area contributed by atoms with Gasteiger partial charge in [0.25, 0.3) is 5.91 Å². The van der Waals surface area contributed by atoms with Gasteiger partial charge >= 0.3 is 11.8 Å². The molecule has 1 fully saturated rings. The molecule has 0 aliphatic carbocycles. The standard InChI is InChI=1S/C23H28F3N5O4SSi/c1-37(2)12-8-31(9-13-37)20-15-18(28-36(34,35)11-10-32)6-7-19(20)21(33)27-17-5-3-4-16(14-17)22(29-30-22)23(24,25)26/h3-7,14-15,28,32H,8-13H2,1-2H3,(H,27,33). The van der Waals surface area contributed by atoms with Gasteiger partial charge in [0.1, 0.15) is 0 Å². The predicted octanol–water partition coefficient (Wildman–Crippen LogP) is 4.38. The second-order valence-corrected chi connectivity index (χ2v) is 17.1. The van der Waals surface area contributed by atoms with Crippen LogP contribution < -0.4 is 14.9 Å². The molecular weight excluding hydrogens is 527 g/mol. The van der Waals surface area contributed by atoms with Gasteiger partial charge < -0.3 is 15.3 Å². The van der Waals surface area contributed by atoms with E-state index in [0.717, 1.165) is 12.1 Å². The smallest absolute Gasteiger partial charge is 0.395 e. The predicted molar refractivity (Wildman–Crippen MR) is 137 cm³/mol. The number of aliphatic hydroxyl groups excluding tert-OH is 1. The lowest BCUT2D eigenvalue weighted by molar-refractivity contribution is -0.166. The fourth-order valence-corrected chi connectivity index (χ4v) is 7.04. The molecule has 1 amide bonds. The van der Waals surface area contributed by atoms with Crippen LogP contribution in [0.1, 0.15) is 15.9 Å². The van der Waals surface area contributed by atoms with E-state index in [1.165, 1.54) is 36.4 Å². The molecule has 0 atom stereocenters. The Morgan fingerprint density at radius 2 is 1.78 bits per heavy atom. The molecule has 0 saturated carbocycles. The van der Waals surface area contributed by atoms with Gasteiger partial charge in [-0.25, -0.2) is 8.42 Å². The highest BCUT2D eigenvalue weighted by Gasteiger charge is 2.65. The molecular formula is C23H28F3N5O4SSi. The summed E-state index contributed by atoms with van der Waals surface area (Å²) in [7, 11) is -5.14. The molecule has 0 aromatic heterocycles. The number of hydrogen-bond donors (Lipinski definition) is 3. The number of benzene rings is 2. The number of nitrogens with zero attached hydrogens (tertiary/aromatic N) is 3. The summed E-state index contributed by atoms with van der Waals surface area (Å²) in [6, 6.07) is 11.8. The maximum absolute atomic E-state index is 13.4. The van der Waals surface area contributed by atoms with Crippen LogP contribution in [-0.4, -0.2) is 59.1 Å². The molecule has 2 aliphatic rings. The van der Waals surface area contributed by atoms with E-state index in [4.69, 9.17) is 5.11 Å².